The van der Waals surface area contributed by atoms with Crippen LogP contribution in [-0.2, 0) is 26.2 Å². The van der Waals surface area contributed by atoms with E-state index in [2.05, 4.69) is 5.32 Å². The third-order valence-electron chi connectivity index (χ3n) is 5.29. The van der Waals surface area contributed by atoms with Crippen LogP contribution in [0.4, 0.5) is 5.69 Å². The van der Waals surface area contributed by atoms with Crippen LogP contribution in [0.15, 0.2) is 42.5 Å². The highest BCUT2D eigenvalue weighted by Gasteiger charge is 2.31. The van der Waals surface area contributed by atoms with Crippen LogP contribution in [0.5, 0.6) is 0 Å². The van der Waals surface area contributed by atoms with Gasteiger partial charge in [0.15, 0.2) is 0 Å². The van der Waals surface area contributed by atoms with Crippen molar-refractivity contribution in [2.24, 2.45) is 0 Å². The van der Waals surface area contributed by atoms with Crippen molar-refractivity contribution >= 4 is 62.3 Å². The molecule has 0 aromatic heterocycles. The Bertz CT molecular complexity index is 1130. The van der Waals surface area contributed by atoms with E-state index in [-0.39, 0.29) is 34.2 Å². The maximum Gasteiger partial charge on any atom is 0.244 e. The first kappa shape index (κ1) is 28.2. The Morgan fingerprint density at radius 1 is 1.00 bits per heavy atom. The van der Waals surface area contributed by atoms with Crippen molar-refractivity contribution in [3.63, 3.8) is 0 Å². The molecule has 0 aliphatic heterocycles. The molecule has 0 bridgehead atoms. The summed E-state index contributed by atoms with van der Waals surface area (Å²) >= 11 is 18.2. The van der Waals surface area contributed by atoms with Crippen LogP contribution >= 0.6 is 34.8 Å². The van der Waals surface area contributed by atoms with E-state index < -0.39 is 28.5 Å². The molecule has 186 valence electrons. The Labute approximate surface area is 216 Å². The number of rotatable bonds is 10. The molecule has 0 aliphatic carbocycles. The first-order chi connectivity index (χ1) is 15.8. The van der Waals surface area contributed by atoms with Crippen molar-refractivity contribution < 1.29 is 18.0 Å². The number of carbonyl (C=O) groups excluding carboxylic acids is 2. The highest BCUT2D eigenvalue weighted by atomic mass is 35.5. The highest BCUT2D eigenvalue weighted by Crippen LogP contribution is 2.31. The van der Waals surface area contributed by atoms with Crippen LogP contribution in [0.25, 0.3) is 0 Å². The second-order valence-electron chi connectivity index (χ2n) is 8.01. The molecular weight excluding hydrogens is 521 g/mol. The van der Waals surface area contributed by atoms with Gasteiger partial charge in [-0.1, -0.05) is 53.9 Å². The van der Waals surface area contributed by atoms with Crippen LogP contribution in [-0.4, -0.2) is 50.0 Å². The zero-order valence-electron chi connectivity index (χ0n) is 19.4. The van der Waals surface area contributed by atoms with Crippen LogP contribution in [0.1, 0.15) is 32.8 Å². The Kier molecular flexibility index (Phi) is 10.1. The summed E-state index contributed by atoms with van der Waals surface area (Å²) < 4.78 is 26.1. The Morgan fingerprint density at radius 3 is 2.15 bits per heavy atom. The molecule has 2 atom stereocenters. The lowest BCUT2D eigenvalue weighted by molar-refractivity contribution is -0.139. The van der Waals surface area contributed by atoms with Crippen molar-refractivity contribution in [1.82, 2.24) is 10.2 Å². The average molecular weight is 549 g/mol. The summed E-state index contributed by atoms with van der Waals surface area (Å²) in [5.74, 6) is -0.924. The molecule has 2 aromatic rings. The fourth-order valence-electron chi connectivity index (χ4n) is 3.11. The number of carbonyl (C=O) groups is 2. The van der Waals surface area contributed by atoms with Gasteiger partial charge in [0.25, 0.3) is 0 Å². The maximum atomic E-state index is 13.5. The minimum Gasteiger partial charge on any atom is -0.352 e. The third-order valence-corrected chi connectivity index (χ3v) is 7.22. The summed E-state index contributed by atoms with van der Waals surface area (Å²) in [5.41, 5.74) is 0.806. The van der Waals surface area contributed by atoms with Crippen LogP contribution in [0, 0.1) is 0 Å². The van der Waals surface area contributed by atoms with Crippen molar-refractivity contribution in [2.45, 2.75) is 45.8 Å². The number of hydrogen-bond donors (Lipinski definition) is 1. The zero-order valence-corrected chi connectivity index (χ0v) is 22.5. The third kappa shape index (κ3) is 7.77. The maximum absolute atomic E-state index is 13.5. The van der Waals surface area contributed by atoms with Gasteiger partial charge in [-0.05, 0) is 56.2 Å². The summed E-state index contributed by atoms with van der Waals surface area (Å²) in [7, 11) is -3.91. The van der Waals surface area contributed by atoms with Gasteiger partial charge in [0.2, 0.25) is 21.8 Å². The summed E-state index contributed by atoms with van der Waals surface area (Å²) in [6.45, 7) is 4.91. The minimum atomic E-state index is -3.91. The van der Waals surface area contributed by atoms with Crippen LogP contribution in [0.3, 0.4) is 0 Å². The van der Waals surface area contributed by atoms with Gasteiger partial charge in [0.1, 0.15) is 12.6 Å². The van der Waals surface area contributed by atoms with Crippen LogP contribution in [0.2, 0.25) is 15.1 Å². The second kappa shape index (κ2) is 12.1. The van der Waals surface area contributed by atoms with E-state index in [4.69, 9.17) is 34.8 Å². The summed E-state index contributed by atoms with van der Waals surface area (Å²) in [4.78, 5) is 27.7. The predicted molar refractivity (Wildman–Crippen MR) is 138 cm³/mol. The van der Waals surface area contributed by atoms with Gasteiger partial charge in [-0.2, -0.15) is 0 Å². The van der Waals surface area contributed by atoms with Gasteiger partial charge in [-0.15, -0.1) is 0 Å². The molecule has 34 heavy (non-hydrogen) atoms. The van der Waals surface area contributed by atoms with E-state index in [1.54, 1.807) is 31.2 Å². The number of benzene rings is 2. The predicted octanol–water partition coefficient (Wildman–Crippen LogP) is 4.74. The molecule has 0 heterocycles. The zero-order chi connectivity index (χ0) is 25.6. The molecule has 2 aromatic carbocycles. The lowest BCUT2D eigenvalue weighted by Gasteiger charge is -2.32. The number of nitrogens with one attached hydrogen (secondary N) is 1. The Balaban J connectivity index is 2.42. The topological polar surface area (TPSA) is 86.8 Å². The van der Waals surface area contributed by atoms with E-state index in [0.717, 1.165) is 22.5 Å². The molecule has 2 rings (SSSR count). The number of anilines is 1. The molecule has 7 nitrogen and oxygen atoms in total. The number of hydrogen-bond acceptors (Lipinski definition) is 4. The number of amides is 2. The SMILES string of the molecule is CC[C@H](C)NC(=O)[C@H](C)N(Cc1ccc(Cl)cc1)C(=O)CN(c1cc(Cl)ccc1Cl)S(C)(=O)=O. The van der Waals surface area contributed by atoms with Crippen molar-refractivity contribution in [1.29, 1.82) is 0 Å². The van der Waals surface area contributed by atoms with E-state index in [0.29, 0.717) is 5.02 Å². The summed E-state index contributed by atoms with van der Waals surface area (Å²) in [6, 6.07) is 10.2. The molecule has 0 saturated carbocycles. The molecule has 1 N–H and O–H groups in total. The van der Waals surface area contributed by atoms with Gasteiger partial charge < -0.3 is 10.2 Å². The molecule has 0 aliphatic rings. The molecule has 11 heteroatoms. The largest absolute Gasteiger partial charge is 0.352 e. The fraction of sp³-hybridized carbons (Fsp3) is 0.391. The van der Waals surface area contributed by atoms with Crippen molar-refractivity contribution in [3.05, 3.63) is 63.1 Å². The first-order valence-electron chi connectivity index (χ1n) is 10.6. The molecule has 0 spiro atoms. The normalized spacial score (nSPS) is 13.1. The fourth-order valence-corrected chi connectivity index (χ4v) is 4.52. The smallest absolute Gasteiger partial charge is 0.244 e. The van der Waals surface area contributed by atoms with Gasteiger partial charge in [0.05, 0.1) is 17.0 Å². The molecule has 0 saturated heterocycles. The molecule has 0 fully saturated rings. The van der Waals surface area contributed by atoms with Gasteiger partial charge in [0, 0.05) is 22.6 Å². The minimum absolute atomic E-state index is 0.0754. The van der Waals surface area contributed by atoms with E-state index >= 15 is 0 Å². The van der Waals surface area contributed by atoms with Gasteiger partial charge in [-0.3, -0.25) is 13.9 Å². The first-order valence-corrected chi connectivity index (χ1v) is 13.6. The number of sulfonamides is 1. The van der Waals surface area contributed by atoms with E-state index in [9.17, 15) is 18.0 Å². The Morgan fingerprint density at radius 2 is 1.59 bits per heavy atom. The van der Waals surface area contributed by atoms with Crippen LogP contribution < -0.4 is 9.62 Å². The van der Waals surface area contributed by atoms with E-state index in [1.165, 1.54) is 23.1 Å². The molecule has 0 unspecified atom stereocenters. The summed E-state index contributed by atoms with van der Waals surface area (Å²) in [5, 5.41) is 3.78. The number of halogens is 3. The number of nitrogens with zero attached hydrogens (tertiary/aromatic N) is 2. The van der Waals surface area contributed by atoms with Crippen molar-refractivity contribution in [3.8, 4) is 0 Å². The quantitative estimate of drug-likeness (QED) is 0.464. The molecule has 0 radical (unpaired) electrons. The van der Waals surface area contributed by atoms with Gasteiger partial charge >= 0.3 is 0 Å². The molecule has 2 amide bonds. The average Bonchev–Trinajstić information content (AvgIpc) is 2.77. The monoisotopic (exact) mass is 547 g/mol. The lowest BCUT2D eigenvalue weighted by Crippen LogP contribution is -2.52. The standard InChI is InChI=1S/C23H28Cl3N3O4S/c1-5-15(2)27-23(31)16(3)28(13-17-6-8-18(24)9-7-17)22(30)14-29(34(4,32)33)21-12-19(25)10-11-20(21)26/h6-12,15-16H,5,13-14H2,1-4H3,(H,27,31)/t15-,16-/m0/s1. The molecular formula is C23H28Cl3N3O4S. The second-order valence-corrected chi connectivity index (χ2v) is 11.2. The highest BCUT2D eigenvalue weighted by molar-refractivity contribution is 7.92. The van der Waals surface area contributed by atoms with Gasteiger partial charge in [-0.25, -0.2) is 8.42 Å². The Hall–Kier alpha value is -2.00. The summed E-state index contributed by atoms with van der Waals surface area (Å²) in [6.07, 6.45) is 1.69. The van der Waals surface area contributed by atoms with Crippen molar-refractivity contribution in [2.75, 3.05) is 17.1 Å². The van der Waals surface area contributed by atoms with E-state index in [1.807, 2.05) is 13.8 Å². The lowest BCUT2D eigenvalue weighted by atomic mass is 10.1.